The second kappa shape index (κ2) is 7.09. The number of nitrogens with zero attached hydrogens (tertiary/aromatic N) is 4. The fourth-order valence-electron chi connectivity index (χ4n) is 3.52. The second-order valence-corrected chi connectivity index (χ2v) is 12.4. The van der Waals surface area contributed by atoms with Gasteiger partial charge < -0.3 is 0 Å². The summed E-state index contributed by atoms with van der Waals surface area (Å²) >= 11 is 2.92. The monoisotopic (exact) mass is 475 g/mol. The quantitative estimate of drug-likeness (QED) is 0.462. The van der Waals surface area contributed by atoms with Crippen molar-refractivity contribution in [3.8, 4) is 5.13 Å². The summed E-state index contributed by atoms with van der Waals surface area (Å²) in [6.45, 7) is 6.13. The smallest absolute Gasteiger partial charge is 0.286 e. The van der Waals surface area contributed by atoms with E-state index in [-0.39, 0.29) is 16.1 Å². The molecule has 1 saturated carbocycles. The molecule has 1 N–H and O–H groups in total. The maximum atomic E-state index is 13.4. The summed E-state index contributed by atoms with van der Waals surface area (Å²) in [6, 6.07) is 8.84. The number of rotatable bonds is 6. The molecule has 8 nitrogen and oxygen atoms in total. The van der Waals surface area contributed by atoms with Crippen molar-refractivity contribution in [3.63, 3.8) is 0 Å². The fraction of sp³-hybridized carbons (Fsp3) is 0.350. The van der Waals surface area contributed by atoms with Gasteiger partial charge in [0.15, 0.2) is 0 Å². The largest absolute Gasteiger partial charge is 0.335 e. The maximum absolute atomic E-state index is 13.4. The second-order valence-electron chi connectivity index (χ2n) is 8.14. The Kier molecular flexibility index (Phi) is 4.70. The first kappa shape index (κ1) is 20.6. The number of aromatic nitrogens is 4. The highest BCUT2D eigenvalue weighted by molar-refractivity contribution is 7.89. The van der Waals surface area contributed by atoms with Gasteiger partial charge in [-0.25, -0.2) is 22.5 Å². The zero-order chi connectivity index (χ0) is 22.0. The van der Waals surface area contributed by atoms with E-state index in [0.717, 1.165) is 22.7 Å². The molecular formula is C20H21N5O3S3. The lowest BCUT2D eigenvalue weighted by molar-refractivity contribution is 0.558. The summed E-state index contributed by atoms with van der Waals surface area (Å²) in [7, 11) is -3.71. The number of thiophene rings is 1. The minimum Gasteiger partial charge on any atom is -0.286 e. The maximum Gasteiger partial charge on any atom is 0.335 e. The summed E-state index contributed by atoms with van der Waals surface area (Å²) in [5.74, 6) is 0. The van der Waals surface area contributed by atoms with Crippen molar-refractivity contribution in [1.82, 2.24) is 24.1 Å². The van der Waals surface area contributed by atoms with E-state index < -0.39 is 10.0 Å². The Balaban J connectivity index is 1.70. The molecule has 0 aliphatic heterocycles. The van der Waals surface area contributed by atoms with Gasteiger partial charge >= 0.3 is 5.69 Å². The predicted octanol–water partition coefficient (Wildman–Crippen LogP) is 3.20. The third-order valence-electron chi connectivity index (χ3n) is 5.41. The topological polar surface area (TPSA) is 98.9 Å². The molecule has 0 bridgehead atoms. The molecular weight excluding hydrogens is 454 g/mol. The van der Waals surface area contributed by atoms with Gasteiger partial charge in [-0.1, -0.05) is 11.3 Å². The number of aryl methyl sites for hydroxylation is 2. The molecule has 1 aliphatic rings. The summed E-state index contributed by atoms with van der Waals surface area (Å²) in [6.07, 6.45) is 1.64. The van der Waals surface area contributed by atoms with E-state index in [1.807, 2.05) is 32.9 Å². The highest BCUT2D eigenvalue weighted by atomic mass is 32.2. The van der Waals surface area contributed by atoms with Crippen LogP contribution in [0.3, 0.4) is 0 Å². The lowest BCUT2D eigenvalue weighted by atomic mass is 10.3. The van der Waals surface area contributed by atoms with E-state index in [1.54, 1.807) is 34.1 Å². The first-order valence-electron chi connectivity index (χ1n) is 9.80. The number of fused-ring (bicyclic) bond motifs is 1. The first-order valence-corrected chi connectivity index (χ1v) is 12.9. The van der Waals surface area contributed by atoms with Gasteiger partial charge in [0.05, 0.1) is 22.5 Å². The molecule has 1 aliphatic carbocycles. The highest BCUT2D eigenvalue weighted by Crippen LogP contribution is 2.36. The Morgan fingerprint density at radius 1 is 1.10 bits per heavy atom. The van der Waals surface area contributed by atoms with E-state index >= 15 is 0 Å². The minimum absolute atomic E-state index is 0.132. The summed E-state index contributed by atoms with van der Waals surface area (Å²) in [5, 5.41) is 9.32. The van der Waals surface area contributed by atoms with Crippen LogP contribution in [0.5, 0.6) is 0 Å². The van der Waals surface area contributed by atoms with Crippen molar-refractivity contribution in [2.45, 2.75) is 50.6 Å². The molecule has 0 radical (unpaired) electrons. The third kappa shape index (κ3) is 3.75. The number of sulfonamides is 1. The summed E-state index contributed by atoms with van der Waals surface area (Å²) in [4.78, 5) is 15.8. The lowest BCUT2D eigenvalue weighted by Crippen LogP contribution is -2.34. The number of nitrogens with one attached hydrogen (secondary N) is 1. The lowest BCUT2D eigenvalue weighted by Gasteiger charge is -2.12. The van der Waals surface area contributed by atoms with E-state index in [4.69, 9.17) is 0 Å². The molecule has 1 aromatic carbocycles. The van der Waals surface area contributed by atoms with Gasteiger partial charge in [0.25, 0.3) is 0 Å². The van der Waals surface area contributed by atoms with Crippen molar-refractivity contribution < 1.29 is 8.42 Å². The van der Waals surface area contributed by atoms with Gasteiger partial charge in [0.1, 0.15) is 5.01 Å². The number of hydrogen-bond donors (Lipinski definition) is 1. The fourth-order valence-corrected chi connectivity index (χ4v) is 6.58. The molecule has 5 rings (SSSR count). The highest BCUT2D eigenvalue weighted by Gasteiger charge is 2.41. The van der Waals surface area contributed by atoms with Crippen LogP contribution >= 0.6 is 22.7 Å². The molecule has 0 unspecified atom stereocenters. The number of hydrogen-bond acceptors (Lipinski definition) is 7. The van der Waals surface area contributed by atoms with Crippen LogP contribution in [0.1, 0.15) is 34.5 Å². The first-order chi connectivity index (χ1) is 14.7. The van der Waals surface area contributed by atoms with E-state index in [2.05, 4.69) is 14.9 Å². The molecule has 162 valence electrons. The zero-order valence-corrected chi connectivity index (χ0v) is 19.7. The average Bonchev–Trinajstić information content (AvgIpc) is 3.03. The Bertz CT molecular complexity index is 1470. The molecule has 3 aromatic heterocycles. The van der Waals surface area contributed by atoms with Crippen LogP contribution in [-0.2, 0) is 16.6 Å². The molecule has 3 heterocycles. The molecule has 11 heteroatoms. The van der Waals surface area contributed by atoms with E-state index in [0.29, 0.717) is 22.7 Å². The van der Waals surface area contributed by atoms with Gasteiger partial charge in [-0.3, -0.25) is 4.57 Å². The molecule has 1 fully saturated rings. The molecule has 0 amide bonds. The SMILES string of the molecule is Cc1ccc(Cn2c(=O)n(-c3nnc(C)s3)c3cc(S(=O)(=O)NC4(C)CC4)ccc32)s1. The Labute approximate surface area is 187 Å². The molecule has 0 saturated heterocycles. The van der Waals surface area contributed by atoms with Crippen molar-refractivity contribution in [2.75, 3.05) is 0 Å². The van der Waals surface area contributed by atoms with Crippen LogP contribution in [0.25, 0.3) is 16.2 Å². The van der Waals surface area contributed by atoms with Gasteiger partial charge in [-0.05, 0) is 63.9 Å². The van der Waals surface area contributed by atoms with E-state index in [1.165, 1.54) is 20.8 Å². The van der Waals surface area contributed by atoms with Crippen LogP contribution in [0.2, 0.25) is 0 Å². The van der Waals surface area contributed by atoms with Gasteiger partial charge in [0, 0.05) is 15.3 Å². The molecule has 4 aromatic rings. The van der Waals surface area contributed by atoms with Crippen LogP contribution in [0, 0.1) is 13.8 Å². The Hall–Kier alpha value is -2.34. The standard InChI is InChI=1S/C20H21N5O3S3/c1-12-4-5-14(29-12)11-24-16-7-6-15(31(27,28)23-20(3)8-9-20)10-17(16)25(19(24)26)18-22-21-13(2)30-18/h4-7,10,23H,8-9,11H2,1-3H3. The summed E-state index contributed by atoms with van der Waals surface area (Å²) in [5.41, 5.74) is 0.500. The molecule has 0 atom stereocenters. The Morgan fingerprint density at radius 2 is 1.87 bits per heavy atom. The van der Waals surface area contributed by atoms with Crippen molar-refractivity contribution in [3.05, 3.63) is 55.6 Å². The minimum atomic E-state index is -3.71. The zero-order valence-electron chi connectivity index (χ0n) is 17.2. The molecule has 0 spiro atoms. The number of imidazole rings is 1. The average molecular weight is 476 g/mol. The van der Waals surface area contributed by atoms with E-state index in [9.17, 15) is 13.2 Å². The van der Waals surface area contributed by atoms with Crippen molar-refractivity contribution >= 4 is 43.7 Å². The van der Waals surface area contributed by atoms with Crippen LogP contribution in [0.4, 0.5) is 0 Å². The van der Waals surface area contributed by atoms with Crippen molar-refractivity contribution in [2.24, 2.45) is 0 Å². The summed E-state index contributed by atoms with van der Waals surface area (Å²) < 4.78 is 31.8. The molecule has 31 heavy (non-hydrogen) atoms. The van der Waals surface area contributed by atoms with Gasteiger partial charge in [-0.15, -0.1) is 21.5 Å². The normalized spacial score (nSPS) is 15.6. The van der Waals surface area contributed by atoms with Gasteiger partial charge in [0.2, 0.25) is 15.2 Å². The predicted molar refractivity (Wildman–Crippen MR) is 122 cm³/mol. The Morgan fingerprint density at radius 3 is 2.48 bits per heavy atom. The van der Waals surface area contributed by atoms with Crippen LogP contribution < -0.4 is 10.4 Å². The van der Waals surface area contributed by atoms with Crippen molar-refractivity contribution in [1.29, 1.82) is 0 Å². The van der Waals surface area contributed by atoms with Crippen LogP contribution in [0.15, 0.2) is 40.0 Å². The van der Waals surface area contributed by atoms with Gasteiger partial charge in [-0.2, -0.15) is 0 Å². The number of benzene rings is 1. The third-order valence-corrected chi connectivity index (χ3v) is 8.85. The van der Waals surface area contributed by atoms with Crippen LogP contribution in [-0.4, -0.2) is 33.3 Å².